The second-order valence-corrected chi connectivity index (χ2v) is 7.90. The van der Waals surface area contributed by atoms with Gasteiger partial charge in [0.15, 0.2) is 0 Å². The molecule has 1 fully saturated rings. The van der Waals surface area contributed by atoms with Crippen molar-refractivity contribution in [2.45, 2.75) is 51.3 Å². The smallest absolute Gasteiger partial charge is 0.323 e. The Bertz CT molecular complexity index is 859. The Labute approximate surface area is 183 Å². The molecule has 3 rings (SSSR count). The SMILES string of the molecule is O=C(/C=C/c1ccc(CN[C@H](C(=O)OCc2ccccc2)C2CCCCC2)cc1)NO. The van der Waals surface area contributed by atoms with Crippen LogP contribution in [0.1, 0.15) is 48.8 Å². The van der Waals surface area contributed by atoms with Gasteiger partial charge in [-0.25, -0.2) is 5.48 Å². The fourth-order valence-corrected chi connectivity index (χ4v) is 3.91. The van der Waals surface area contributed by atoms with Gasteiger partial charge in [0, 0.05) is 12.6 Å². The lowest BCUT2D eigenvalue weighted by molar-refractivity contribution is -0.149. The van der Waals surface area contributed by atoms with E-state index in [1.165, 1.54) is 12.5 Å². The van der Waals surface area contributed by atoms with Gasteiger partial charge >= 0.3 is 5.97 Å². The predicted octanol–water partition coefficient (Wildman–Crippen LogP) is 3.99. The number of rotatable bonds is 9. The Morgan fingerprint density at radius 3 is 2.39 bits per heavy atom. The Balaban J connectivity index is 1.59. The van der Waals surface area contributed by atoms with Crippen LogP contribution in [-0.4, -0.2) is 23.1 Å². The molecule has 0 aliphatic heterocycles. The summed E-state index contributed by atoms with van der Waals surface area (Å²) in [6, 6.07) is 17.1. The number of hydroxylamine groups is 1. The van der Waals surface area contributed by atoms with E-state index in [1.807, 2.05) is 54.6 Å². The molecule has 1 atom stereocenters. The lowest BCUT2D eigenvalue weighted by atomic mass is 9.83. The molecular weight excluding hydrogens is 392 g/mol. The van der Waals surface area contributed by atoms with Crippen molar-refractivity contribution in [1.29, 1.82) is 0 Å². The third kappa shape index (κ3) is 7.35. The van der Waals surface area contributed by atoms with E-state index in [4.69, 9.17) is 9.94 Å². The molecule has 2 aromatic rings. The Hall–Kier alpha value is -2.96. The van der Waals surface area contributed by atoms with Crippen molar-refractivity contribution in [3.8, 4) is 0 Å². The van der Waals surface area contributed by atoms with E-state index in [0.29, 0.717) is 6.54 Å². The molecule has 0 saturated heterocycles. The van der Waals surface area contributed by atoms with E-state index in [-0.39, 0.29) is 24.5 Å². The quantitative estimate of drug-likeness (QED) is 0.246. The monoisotopic (exact) mass is 422 g/mol. The first-order chi connectivity index (χ1) is 15.2. The average Bonchev–Trinajstić information content (AvgIpc) is 2.83. The molecule has 0 spiro atoms. The number of nitrogens with one attached hydrogen (secondary N) is 2. The van der Waals surface area contributed by atoms with Crippen LogP contribution in [0.2, 0.25) is 0 Å². The summed E-state index contributed by atoms with van der Waals surface area (Å²) < 4.78 is 5.65. The first-order valence-corrected chi connectivity index (χ1v) is 10.8. The standard InChI is InChI=1S/C25H30N2O4/c28-23(27-30)16-15-19-11-13-20(14-12-19)17-26-24(22-9-5-2-6-10-22)25(29)31-18-21-7-3-1-4-8-21/h1,3-4,7-8,11-16,22,24,26,30H,2,5-6,9-10,17-18H2,(H,27,28)/b16-15+/t24-/m0/s1. The molecule has 1 saturated carbocycles. The minimum Gasteiger partial charge on any atom is -0.460 e. The average molecular weight is 423 g/mol. The summed E-state index contributed by atoms with van der Waals surface area (Å²) in [5.41, 5.74) is 4.43. The van der Waals surface area contributed by atoms with Gasteiger partial charge in [0.25, 0.3) is 5.91 Å². The van der Waals surface area contributed by atoms with E-state index < -0.39 is 5.91 Å². The highest BCUT2D eigenvalue weighted by molar-refractivity contribution is 5.90. The minimum atomic E-state index is -0.574. The van der Waals surface area contributed by atoms with Crippen molar-refractivity contribution < 1.29 is 19.5 Å². The minimum absolute atomic E-state index is 0.190. The lowest BCUT2D eigenvalue weighted by Crippen LogP contribution is -2.44. The highest BCUT2D eigenvalue weighted by Crippen LogP contribution is 2.27. The van der Waals surface area contributed by atoms with Crippen LogP contribution >= 0.6 is 0 Å². The zero-order chi connectivity index (χ0) is 21.9. The molecule has 31 heavy (non-hydrogen) atoms. The summed E-state index contributed by atoms with van der Waals surface area (Å²) in [5.74, 6) is -0.475. The van der Waals surface area contributed by atoms with E-state index >= 15 is 0 Å². The Morgan fingerprint density at radius 2 is 1.71 bits per heavy atom. The van der Waals surface area contributed by atoms with Gasteiger partial charge < -0.3 is 10.1 Å². The molecule has 6 heteroatoms. The molecule has 1 aliphatic rings. The zero-order valence-electron chi connectivity index (χ0n) is 17.6. The first-order valence-electron chi connectivity index (χ1n) is 10.8. The summed E-state index contributed by atoms with van der Waals surface area (Å²) in [5, 5.41) is 12.0. The third-order valence-electron chi connectivity index (χ3n) is 5.64. The molecule has 6 nitrogen and oxygen atoms in total. The van der Waals surface area contributed by atoms with E-state index in [0.717, 1.165) is 42.4 Å². The van der Waals surface area contributed by atoms with E-state index in [2.05, 4.69) is 5.32 Å². The van der Waals surface area contributed by atoms with Crippen molar-refractivity contribution in [3.05, 3.63) is 77.4 Å². The van der Waals surface area contributed by atoms with Crippen LogP contribution in [0.4, 0.5) is 0 Å². The summed E-state index contributed by atoms with van der Waals surface area (Å²) in [6.07, 6.45) is 8.48. The van der Waals surface area contributed by atoms with E-state index in [1.54, 1.807) is 11.6 Å². The second-order valence-electron chi connectivity index (χ2n) is 7.90. The van der Waals surface area contributed by atoms with Crippen LogP contribution < -0.4 is 10.8 Å². The molecule has 164 valence electrons. The van der Waals surface area contributed by atoms with Crippen molar-refractivity contribution >= 4 is 18.0 Å². The lowest BCUT2D eigenvalue weighted by Gasteiger charge is -2.29. The molecule has 0 bridgehead atoms. The number of amides is 1. The van der Waals surface area contributed by atoms with Gasteiger partial charge in [0.2, 0.25) is 0 Å². The first kappa shape index (κ1) is 22.7. The zero-order valence-corrected chi connectivity index (χ0v) is 17.6. The molecular formula is C25H30N2O4. The molecule has 0 aromatic heterocycles. The van der Waals surface area contributed by atoms with Crippen LogP contribution in [0.25, 0.3) is 6.08 Å². The number of benzene rings is 2. The van der Waals surface area contributed by atoms with Crippen molar-refractivity contribution in [3.63, 3.8) is 0 Å². The van der Waals surface area contributed by atoms with Crippen LogP contribution in [-0.2, 0) is 27.5 Å². The maximum Gasteiger partial charge on any atom is 0.323 e. The highest BCUT2D eigenvalue weighted by atomic mass is 16.5. The molecule has 2 aromatic carbocycles. The van der Waals surface area contributed by atoms with Gasteiger partial charge in [-0.15, -0.1) is 0 Å². The second kappa shape index (κ2) is 12.0. The van der Waals surface area contributed by atoms with Gasteiger partial charge in [-0.1, -0.05) is 73.9 Å². The number of hydrogen-bond acceptors (Lipinski definition) is 5. The van der Waals surface area contributed by atoms with Crippen LogP contribution in [0.5, 0.6) is 0 Å². The van der Waals surface area contributed by atoms with Gasteiger partial charge in [0.05, 0.1) is 0 Å². The van der Waals surface area contributed by atoms with Crippen molar-refractivity contribution in [2.24, 2.45) is 5.92 Å². The van der Waals surface area contributed by atoms with Gasteiger partial charge in [0.1, 0.15) is 12.6 Å². The fraction of sp³-hybridized carbons (Fsp3) is 0.360. The van der Waals surface area contributed by atoms with Crippen LogP contribution in [0, 0.1) is 5.92 Å². The van der Waals surface area contributed by atoms with Crippen LogP contribution in [0.3, 0.4) is 0 Å². The predicted molar refractivity (Wildman–Crippen MR) is 119 cm³/mol. The van der Waals surface area contributed by atoms with Gasteiger partial charge in [-0.3, -0.25) is 14.8 Å². The molecule has 0 heterocycles. The molecule has 1 amide bonds. The summed E-state index contributed by atoms with van der Waals surface area (Å²) in [7, 11) is 0. The Kier molecular flexibility index (Phi) is 8.82. The number of carbonyl (C=O) groups excluding carboxylic acids is 2. The number of ether oxygens (including phenoxy) is 1. The van der Waals surface area contributed by atoms with Crippen molar-refractivity contribution in [2.75, 3.05) is 0 Å². The number of carbonyl (C=O) groups is 2. The summed E-state index contributed by atoms with van der Waals surface area (Å²) in [6.45, 7) is 0.843. The largest absolute Gasteiger partial charge is 0.460 e. The van der Waals surface area contributed by atoms with Crippen LogP contribution in [0.15, 0.2) is 60.7 Å². The van der Waals surface area contributed by atoms with Gasteiger partial charge in [-0.2, -0.15) is 0 Å². The third-order valence-corrected chi connectivity index (χ3v) is 5.64. The number of hydrogen-bond donors (Lipinski definition) is 3. The molecule has 0 radical (unpaired) electrons. The van der Waals surface area contributed by atoms with Gasteiger partial charge in [-0.05, 0) is 41.5 Å². The topological polar surface area (TPSA) is 87.7 Å². The summed E-state index contributed by atoms with van der Waals surface area (Å²) in [4.78, 5) is 24.0. The maximum atomic E-state index is 12.9. The summed E-state index contributed by atoms with van der Waals surface area (Å²) >= 11 is 0. The fourth-order valence-electron chi connectivity index (χ4n) is 3.91. The Morgan fingerprint density at radius 1 is 1.00 bits per heavy atom. The highest BCUT2D eigenvalue weighted by Gasteiger charge is 2.30. The molecule has 3 N–H and O–H groups in total. The maximum absolute atomic E-state index is 12.9. The van der Waals surface area contributed by atoms with Crippen molar-refractivity contribution in [1.82, 2.24) is 10.8 Å². The normalized spacial score (nSPS) is 15.5. The van der Waals surface area contributed by atoms with E-state index in [9.17, 15) is 9.59 Å². The number of esters is 1. The molecule has 1 aliphatic carbocycles. The molecule has 0 unspecified atom stereocenters.